The molecule has 4 aromatic rings. The number of anilines is 3. The number of carbonyl (C=O) groups is 1. The fraction of sp³-hybridized carbons (Fsp3) is 0.160. The monoisotopic (exact) mass is 523 g/mol. The van der Waals surface area contributed by atoms with Gasteiger partial charge < -0.3 is 20.1 Å². The zero-order valence-electron chi connectivity index (χ0n) is 19.5. The molecule has 0 aliphatic rings. The summed E-state index contributed by atoms with van der Waals surface area (Å²) in [5, 5.41) is 8.50. The first-order valence-electron chi connectivity index (χ1n) is 11.2. The predicted molar refractivity (Wildman–Crippen MR) is 143 cm³/mol. The highest BCUT2D eigenvalue weighted by Crippen LogP contribution is 2.31. The van der Waals surface area contributed by atoms with Gasteiger partial charge in [-0.2, -0.15) is 4.98 Å². The van der Waals surface area contributed by atoms with Crippen molar-refractivity contribution in [3.05, 3.63) is 78.3 Å². The van der Waals surface area contributed by atoms with Gasteiger partial charge in [-0.3, -0.25) is 0 Å². The molecule has 0 spiro atoms. The fourth-order valence-corrected chi connectivity index (χ4v) is 4.59. The van der Waals surface area contributed by atoms with Crippen LogP contribution in [0.4, 0.5) is 22.2 Å². The van der Waals surface area contributed by atoms with Crippen LogP contribution in [0, 0.1) is 0 Å². The van der Waals surface area contributed by atoms with Crippen LogP contribution in [0.3, 0.4) is 0 Å². The second-order valence-electron chi connectivity index (χ2n) is 7.27. The minimum absolute atomic E-state index is 0.177. The highest BCUT2D eigenvalue weighted by atomic mass is 32.2. The Labute approximate surface area is 214 Å². The van der Waals surface area contributed by atoms with Gasteiger partial charge in [0.15, 0.2) is 0 Å². The number of hydrogen-bond donors (Lipinski definition) is 3. The Hall–Kier alpha value is -3.96. The van der Waals surface area contributed by atoms with Gasteiger partial charge in [-0.25, -0.2) is 14.0 Å². The first kappa shape index (κ1) is 25.1. The Morgan fingerprint density at radius 3 is 2.61 bits per heavy atom. The summed E-state index contributed by atoms with van der Waals surface area (Å²) in [4.78, 5) is 22.0. The molecule has 1 amide bonds. The van der Waals surface area contributed by atoms with E-state index >= 15 is 0 Å². The molecule has 1 atom stereocenters. The molecule has 2 aromatic carbocycles. The SMILES string of the molecule is CCOC(=O)/N=[SH](=O)/c1ccc(Nc2ncc(-c3cccs3)c(NCCOc3ccccc3)n2)cc1. The highest BCUT2D eigenvalue weighted by Gasteiger charge is 2.11. The van der Waals surface area contributed by atoms with Crippen LogP contribution >= 0.6 is 11.3 Å². The van der Waals surface area contributed by atoms with E-state index < -0.39 is 16.7 Å². The van der Waals surface area contributed by atoms with Crippen LogP contribution in [0.5, 0.6) is 5.75 Å². The lowest BCUT2D eigenvalue weighted by molar-refractivity contribution is 0.164. The summed E-state index contributed by atoms with van der Waals surface area (Å²) in [6.45, 7) is 2.86. The van der Waals surface area contributed by atoms with Crippen LogP contribution in [0.25, 0.3) is 10.4 Å². The Kier molecular flexibility index (Phi) is 8.84. The third kappa shape index (κ3) is 7.03. The van der Waals surface area contributed by atoms with Crippen LogP contribution in [-0.2, 0) is 15.3 Å². The van der Waals surface area contributed by atoms with Crippen LogP contribution in [-0.4, -0.2) is 40.0 Å². The van der Waals surface area contributed by atoms with E-state index in [-0.39, 0.29) is 6.61 Å². The van der Waals surface area contributed by atoms with Crippen molar-refractivity contribution in [3.8, 4) is 16.2 Å². The van der Waals surface area contributed by atoms with Gasteiger partial charge in [-0.15, -0.1) is 15.7 Å². The van der Waals surface area contributed by atoms with E-state index in [2.05, 4.69) is 25.0 Å². The molecular formula is C25H25N5O4S2. The highest BCUT2D eigenvalue weighted by molar-refractivity contribution is 7.75. The van der Waals surface area contributed by atoms with Crippen molar-refractivity contribution in [2.24, 2.45) is 4.36 Å². The maximum absolute atomic E-state index is 12.2. The number of nitrogens with zero attached hydrogens (tertiary/aromatic N) is 3. The van der Waals surface area contributed by atoms with E-state index in [1.165, 1.54) is 0 Å². The van der Waals surface area contributed by atoms with Gasteiger partial charge in [-0.1, -0.05) is 24.3 Å². The number of benzene rings is 2. The maximum Gasteiger partial charge on any atom is 0.441 e. The number of thiophene rings is 1. The lowest BCUT2D eigenvalue weighted by atomic mass is 10.2. The zero-order valence-corrected chi connectivity index (χ0v) is 21.2. The fourth-order valence-electron chi connectivity index (χ4n) is 3.13. The smallest absolute Gasteiger partial charge is 0.441 e. The van der Waals surface area contributed by atoms with Gasteiger partial charge >= 0.3 is 6.09 Å². The number of hydrogen-bond acceptors (Lipinski definition) is 9. The summed E-state index contributed by atoms with van der Waals surface area (Å²) >= 11 is 1.61. The number of para-hydroxylation sites is 1. The van der Waals surface area contributed by atoms with E-state index in [1.54, 1.807) is 48.7 Å². The van der Waals surface area contributed by atoms with Crippen molar-refractivity contribution in [2.75, 3.05) is 30.4 Å². The molecule has 0 fully saturated rings. The Morgan fingerprint density at radius 2 is 1.89 bits per heavy atom. The Bertz CT molecular complexity index is 1360. The van der Waals surface area contributed by atoms with E-state index in [0.717, 1.165) is 16.2 Å². The molecule has 1 unspecified atom stereocenters. The van der Waals surface area contributed by atoms with Gasteiger partial charge in [0.2, 0.25) is 5.95 Å². The van der Waals surface area contributed by atoms with Crippen LogP contribution in [0.2, 0.25) is 0 Å². The summed E-state index contributed by atoms with van der Waals surface area (Å²) < 4.78 is 26.2. The number of nitrogens with one attached hydrogen (secondary N) is 2. The average Bonchev–Trinajstić information content (AvgIpc) is 3.43. The second kappa shape index (κ2) is 12.7. The minimum Gasteiger partial charge on any atom is -0.492 e. The van der Waals surface area contributed by atoms with Crippen molar-refractivity contribution in [2.45, 2.75) is 11.8 Å². The summed E-state index contributed by atoms with van der Waals surface area (Å²) in [5.74, 6) is 1.89. The molecule has 0 aliphatic heterocycles. The molecule has 2 heterocycles. The number of aromatic nitrogens is 2. The van der Waals surface area contributed by atoms with Crippen molar-refractivity contribution in [1.82, 2.24) is 9.97 Å². The number of ether oxygens (including phenoxy) is 2. The van der Waals surface area contributed by atoms with Crippen LogP contribution in [0.15, 0.2) is 87.6 Å². The molecule has 0 saturated carbocycles. The summed E-state index contributed by atoms with van der Waals surface area (Å²) in [6, 6.07) is 20.3. The maximum atomic E-state index is 12.2. The van der Waals surface area contributed by atoms with Crippen molar-refractivity contribution >= 4 is 45.5 Å². The topological polar surface area (TPSA) is 115 Å². The van der Waals surface area contributed by atoms with Crippen molar-refractivity contribution in [3.63, 3.8) is 0 Å². The van der Waals surface area contributed by atoms with Crippen LogP contribution < -0.4 is 15.4 Å². The van der Waals surface area contributed by atoms with E-state index in [1.807, 2.05) is 47.8 Å². The molecule has 186 valence electrons. The van der Waals surface area contributed by atoms with Crippen molar-refractivity contribution in [1.29, 1.82) is 0 Å². The number of thiol groups is 1. The minimum atomic E-state index is -2.23. The lowest BCUT2D eigenvalue weighted by Gasteiger charge is -2.13. The molecule has 0 aliphatic carbocycles. The number of rotatable bonds is 10. The standard InChI is InChI=1S/C25H25N5O4S2/c1-2-33-25(31)30-36(32)20-12-10-18(11-13-20)28-24-27-17-21(22-9-6-16-35-22)23(29-24)26-14-15-34-19-7-4-3-5-8-19/h3-13,16-17,36H,2,14-15H2,1H3,(H2,26,27,28,29). The molecule has 0 saturated heterocycles. The molecule has 36 heavy (non-hydrogen) atoms. The largest absolute Gasteiger partial charge is 0.492 e. The molecule has 2 N–H and O–H groups in total. The number of amides is 1. The molecule has 2 aromatic heterocycles. The van der Waals surface area contributed by atoms with Gasteiger partial charge in [-0.05, 0) is 54.8 Å². The quantitative estimate of drug-likeness (QED) is 0.181. The average molecular weight is 524 g/mol. The summed E-state index contributed by atoms with van der Waals surface area (Å²) in [7, 11) is -2.23. The predicted octanol–water partition coefficient (Wildman–Crippen LogP) is 5.62. The second-order valence-corrected chi connectivity index (χ2v) is 9.48. The third-order valence-corrected chi connectivity index (χ3v) is 6.75. The number of carbonyl (C=O) groups excluding carboxylic acids is 1. The van der Waals surface area contributed by atoms with Gasteiger partial charge in [0.25, 0.3) is 0 Å². The van der Waals surface area contributed by atoms with Gasteiger partial charge in [0.1, 0.15) is 18.2 Å². The van der Waals surface area contributed by atoms with E-state index in [0.29, 0.717) is 35.5 Å². The van der Waals surface area contributed by atoms with Gasteiger partial charge in [0.05, 0.1) is 29.3 Å². The Balaban J connectivity index is 1.45. The molecule has 11 heteroatoms. The first-order valence-corrected chi connectivity index (χ1v) is 13.3. The molecule has 4 rings (SSSR count). The summed E-state index contributed by atoms with van der Waals surface area (Å²) in [5.41, 5.74) is 1.59. The van der Waals surface area contributed by atoms with Gasteiger partial charge in [0, 0.05) is 21.7 Å². The zero-order chi connectivity index (χ0) is 25.2. The van der Waals surface area contributed by atoms with Crippen LogP contribution in [0.1, 0.15) is 6.92 Å². The van der Waals surface area contributed by atoms with E-state index in [9.17, 15) is 9.00 Å². The van der Waals surface area contributed by atoms with Crippen molar-refractivity contribution < 1.29 is 18.5 Å². The van der Waals surface area contributed by atoms with E-state index in [4.69, 9.17) is 9.47 Å². The Morgan fingerprint density at radius 1 is 1.08 bits per heavy atom. The third-order valence-electron chi connectivity index (χ3n) is 4.77. The molecule has 0 radical (unpaired) electrons. The lowest BCUT2D eigenvalue weighted by Crippen LogP contribution is -2.13. The molecule has 0 bridgehead atoms. The normalized spacial score (nSPS) is 11.6. The first-order chi connectivity index (χ1) is 17.6. The molecule has 9 nitrogen and oxygen atoms in total. The molecular weight excluding hydrogens is 498 g/mol. The summed E-state index contributed by atoms with van der Waals surface area (Å²) in [6.07, 6.45) is 0.930.